The number of carbonyl (C=O) groups excluding carboxylic acids is 1. The smallest absolute Gasteiger partial charge is 0.243 e. The Hall–Kier alpha value is -1.60. The van der Waals surface area contributed by atoms with Crippen molar-refractivity contribution >= 4 is 15.9 Å². The second-order valence-corrected chi connectivity index (χ2v) is 9.43. The van der Waals surface area contributed by atoms with E-state index in [1.54, 1.807) is 31.4 Å². The molecule has 0 aromatic heterocycles. The van der Waals surface area contributed by atoms with Crippen molar-refractivity contribution in [2.24, 2.45) is 5.92 Å². The lowest BCUT2D eigenvalue weighted by Gasteiger charge is -2.36. The number of ether oxygens (including phenoxy) is 1. The third kappa shape index (κ3) is 5.26. The number of hydrogen-bond donors (Lipinski definition) is 0. The molecular formula is C21H34N2O4S. The van der Waals surface area contributed by atoms with Gasteiger partial charge in [0.15, 0.2) is 0 Å². The number of hydrogen-bond acceptors (Lipinski definition) is 4. The average Bonchev–Trinajstić information content (AvgIpc) is 2.73. The maximum Gasteiger partial charge on any atom is 0.243 e. The van der Waals surface area contributed by atoms with Crippen LogP contribution in [0.2, 0.25) is 0 Å². The van der Waals surface area contributed by atoms with Crippen molar-refractivity contribution in [2.45, 2.75) is 63.8 Å². The summed E-state index contributed by atoms with van der Waals surface area (Å²) < 4.78 is 32.4. The molecule has 0 saturated carbocycles. The second-order valence-electron chi connectivity index (χ2n) is 7.50. The highest BCUT2D eigenvalue weighted by atomic mass is 32.2. The molecule has 1 atom stereocenters. The minimum Gasteiger partial charge on any atom is -0.497 e. The van der Waals surface area contributed by atoms with Crippen molar-refractivity contribution in [2.75, 3.05) is 26.7 Å². The summed E-state index contributed by atoms with van der Waals surface area (Å²) in [7, 11) is -1.99. The molecule has 0 bridgehead atoms. The number of sulfonamides is 1. The molecule has 6 nitrogen and oxygen atoms in total. The molecule has 1 heterocycles. The van der Waals surface area contributed by atoms with Crippen LogP contribution in [0.5, 0.6) is 5.75 Å². The van der Waals surface area contributed by atoms with Crippen LogP contribution in [-0.2, 0) is 14.8 Å². The number of methoxy groups -OCH3 is 1. The highest BCUT2D eigenvalue weighted by Gasteiger charge is 2.34. The van der Waals surface area contributed by atoms with Gasteiger partial charge in [-0.05, 0) is 56.9 Å². The summed E-state index contributed by atoms with van der Waals surface area (Å²) in [4.78, 5) is 15.3. The summed E-state index contributed by atoms with van der Waals surface area (Å²) in [5.74, 6) is 0.720. The Balaban J connectivity index is 2.02. The Morgan fingerprint density at radius 2 is 1.82 bits per heavy atom. The van der Waals surface area contributed by atoms with E-state index >= 15 is 0 Å². The van der Waals surface area contributed by atoms with Crippen LogP contribution in [0.25, 0.3) is 0 Å². The Morgan fingerprint density at radius 1 is 1.21 bits per heavy atom. The normalized spacial score (nSPS) is 17.3. The number of piperidine rings is 1. The third-order valence-corrected chi connectivity index (χ3v) is 7.57. The molecule has 1 aromatic rings. The van der Waals surface area contributed by atoms with E-state index in [2.05, 4.69) is 20.8 Å². The van der Waals surface area contributed by atoms with Crippen LogP contribution in [0.4, 0.5) is 0 Å². The maximum absolute atomic E-state index is 13.0. The first-order chi connectivity index (χ1) is 13.3. The fourth-order valence-electron chi connectivity index (χ4n) is 3.57. The summed E-state index contributed by atoms with van der Waals surface area (Å²) in [6, 6.07) is 6.67. The van der Waals surface area contributed by atoms with Gasteiger partial charge in [-0.25, -0.2) is 8.42 Å². The first-order valence-corrected chi connectivity index (χ1v) is 11.7. The summed E-state index contributed by atoms with van der Waals surface area (Å²) >= 11 is 0. The van der Waals surface area contributed by atoms with E-state index in [9.17, 15) is 13.2 Å². The molecule has 1 unspecified atom stereocenters. The number of rotatable bonds is 9. The number of amides is 1. The molecule has 1 fully saturated rings. The van der Waals surface area contributed by atoms with Gasteiger partial charge < -0.3 is 9.64 Å². The first kappa shape index (κ1) is 22.7. The Morgan fingerprint density at radius 3 is 2.32 bits per heavy atom. The zero-order valence-corrected chi connectivity index (χ0v) is 18.4. The average molecular weight is 411 g/mol. The van der Waals surface area contributed by atoms with Gasteiger partial charge in [0, 0.05) is 31.6 Å². The zero-order chi connectivity index (χ0) is 20.7. The Labute approximate surface area is 169 Å². The molecule has 1 saturated heterocycles. The highest BCUT2D eigenvalue weighted by molar-refractivity contribution is 7.89. The van der Waals surface area contributed by atoms with E-state index in [4.69, 9.17) is 4.74 Å². The molecule has 1 aliphatic heterocycles. The molecular weight excluding hydrogens is 376 g/mol. The van der Waals surface area contributed by atoms with Crippen molar-refractivity contribution in [3.63, 3.8) is 0 Å². The van der Waals surface area contributed by atoms with Gasteiger partial charge in [0.05, 0.1) is 12.0 Å². The molecule has 1 aromatic carbocycles. The SMILES string of the molecule is CCCCN(C(=O)C1CCN(S(=O)(=O)c2ccc(OC)cc2)CC1)C(C)CC. The predicted molar refractivity (Wildman–Crippen MR) is 111 cm³/mol. The summed E-state index contributed by atoms with van der Waals surface area (Å²) in [5, 5.41) is 0. The molecule has 158 valence electrons. The quantitative estimate of drug-likeness (QED) is 0.625. The van der Waals surface area contributed by atoms with Crippen LogP contribution in [0, 0.1) is 5.92 Å². The summed E-state index contributed by atoms with van der Waals surface area (Å²) in [6.45, 7) is 7.87. The van der Waals surface area contributed by atoms with Crippen molar-refractivity contribution in [1.82, 2.24) is 9.21 Å². The van der Waals surface area contributed by atoms with Crippen molar-refractivity contribution in [3.05, 3.63) is 24.3 Å². The minimum absolute atomic E-state index is 0.0897. The summed E-state index contributed by atoms with van der Waals surface area (Å²) in [6.07, 6.45) is 4.14. The van der Waals surface area contributed by atoms with Crippen LogP contribution >= 0.6 is 0 Å². The topological polar surface area (TPSA) is 66.9 Å². The molecule has 0 N–H and O–H groups in total. The second kappa shape index (κ2) is 10.3. The number of unbranched alkanes of at least 4 members (excludes halogenated alkanes) is 1. The molecule has 0 spiro atoms. The number of carbonyl (C=O) groups is 1. The van der Waals surface area contributed by atoms with Crippen LogP contribution < -0.4 is 4.74 Å². The fourth-order valence-corrected chi connectivity index (χ4v) is 5.04. The van der Waals surface area contributed by atoms with Gasteiger partial charge in [0.1, 0.15) is 5.75 Å². The lowest BCUT2D eigenvalue weighted by molar-refractivity contribution is -0.139. The molecule has 1 aliphatic rings. The monoisotopic (exact) mass is 410 g/mol. The fraction of sp³-hybridized carbons (Fsp3) is 0.667. The largest absolute Gasteiger partial charge is 0.497 e. The van der Waals surface area contributed by atoms with E-state index in [0.29, 0.717) is 31.7 Å². The van der Waals surface area contributed by atoms with E-state index < -0.39 is 10.0 Å². The van der Waals surface area contributed by atoms with Gasteiger partial charge in [0.25, 0.3) is 0 Å². The number of benzene rings is 1. The van der Waals surface area contributed by atoms with E-state index in [0.717, 1.165) is 25.8 Å². The van der Waals surface area contributed by atoms with Crippen LogP contribution in [-0.4, -0.2) is 56.3 Å². The van der Waals surface area contributed by atoms with Crippen LogP contribution in [0.1, 0.15) is 52.9 Å². The molecule has 28 heavy (non-hydrogen) atoms. The van der Waals surface area contributed by atoms with Gasteiger partial charge >= 0.3 is 0 Å². The first-order valence-electron chi connectivity index (χ1n) is 10.3. The van der Waals surface area contributed by atoms with Gasteiger partial charge in [-0.1, -0.05) is 20.3 Å². The predicted octanol–water partition coefficient (Wildman–Crippen LogP) is 3.52. The van der Waals surface area contributed by atoms with Gasteiger partial charge in [-0.3, -0.25) is 4.79 Å². The van der Waals surface area contributed by atoms with Gasteiger partial charge in [-0.15, -0.1) is 0 Å². The van der Waals surface area contributed by atoms with Crippen molar-refractivity contribution in [1.29, 1.82) is 0 Å². The maximum atomic E-state index is 13.0. The molecule has 1 amide bonds. The van der Waals surface area contributed by atoms with E-state index in [-0.39, 0.29) is 22.8 Å². The molecule has 0 radical (unpaired) electrons. The number of nitrogens with zero attached hydrogens (tertiary/aromatic N) is 2. The van der Waals surface area contributed by atoms with E-state index in [1.807, 2.05) is 4.90 Å². The van der Waals surface area contributed by atoms with Gasteiger partial charge in [-0.2, -0.15) is 4.31 Å². The van der Waals surface area contributed by atoms with Crippen LogP contribution in [0.3, 0.4) is 0 Å². The Bertz CT molecular complexity index is 725. The van der Waals surface area contributed by atoms with E-state index in [1.165, 1.54) is 4.31 Å². The van der Waals surface area contributed by atoms with Gasteiger partial charge in [0.2, 0.25) is 15.9 Å². The zero-order valence-electron chi connectivity index (χ0n) is 17.6. The van der Waals surface area contributed by atoms with Crippen molar-refractivity contribution in [3.8, 4) is 5.75 Å². The van der Waals surface area contributed by atoms with Crippen LogP contribution in [0.15, 0.2) is 29.2 Å². The third-order valence-electron chi connectivity index (χ3n) is 5.66. The summed E-state index contributed by atoms with van der Waals surface area (Å²) in [5.41, 5.74) is 0. The highest BCUT2D eigenvalue weighted by Crippen LogP contribution is 2.27. The Kier molecular flexibility index (Phi) is 8.31. The lowest BCUT2D eigenvalue weighted by Crippen LogP contribution is -2.47. The molecule has 2 rings (SSSR count). The lowest BCUT2D eigenvalue weighted by atomic mass is 9.95. The minimum atomic E-state index is -3.54. The molecule has 0 aliphatic carbocycles. The standard InChI is InChI=1S/C21H34N2O4S/c1-5-7-14-23(17(3)6-2)21(24)18-12-15-22(16-13-18)28(25,26)20-10-8-19(27-4)9-11-20/h8-11,17-18H,5-7,12-16H2,1-4H3. The molecule has 7 heteroatoms. The van der Waals surface area contributed by atoms with Crippen molar-refractivity contribution < 1.29 is 17.9 Å².